The van der Waals surface area contributed by atoms with Crippen molar-refractivity contribution in [1.29, 1.82) is 0 Å². The maximum Gasteiger partial charge on any atom is 0.242 e. The highest BCUT2D eigenvalue weighted by molar-refractivity contribution is 7.92. The van der Waals surface area contributed by atoms with Crippen LogP contribution < -0.4 is 23.8 Å². The number of amides is 2. The molecule has 2 aliphatic rings. The molecule has 40 heavy (non-hydrogen) atoms. The van der Waals surface area contributed by atoms with E-state index in [2.05, 4.69) is 5.32 Å². The van der Waals surface area contributed by atoms with E-state index in [0.29, 0.717) is 36.1 Å². The molecule has 1 atom stereocenters. The van der Waals surface area contributed by atoms with E-state index in [1.54, 1.807) is 37.1 Å². The number of rotatable bonds is 12. The van der Waals surface area contributed by atoms with Crippen molar-refractivity contribution in [2.45, 2.75) is 64.1 Å². The van der Waals surface area contributed by atoms with Gasteiger partial charge in [0.25, 0.3) is 0 Å². The van der Waals surface area contributed by atoms with Crippen LogP contribution in [0.15, 0.2) is 42.5 Å². The molecule has 0 saturated heterocycles. The van der Waals surface area contributed by atoms with Crippen molar-refractivity contribution in [3.05, 3.63) is 48.0 Å². The number of methoxy groups -OCH3 is 1. The number of nitrogens with zero attached hydrogens (tertiary/aromatic N) is 2. The SMILES string of the molecule is COc1cccc(CN(C(=O)CCCN(c2ccc3c(c2)OCCO3)S(C)(=O)=O)[C@@H](C)C(=O)NC2CCCC2)c1. The van der Waals surface area contributed by atoms with Gasteiger partial charge in [0.2, 0.25) is 21.8 Å². The van der Waals surface area contributed by atoms with Crippen molar-refractivity contribution < 1.29 is 32.2 Å². The average molecular weight is 574 g/mol. The van der Waals surface area contributed by atoms with Gasteiger partial charge in [-0.2, -0.15) is 0 Å². The fraction of sp³-hybridized carbons (Fsp3) is 0.517. The Labute approximate surface area is 236 Å². The van der Waals surface area contributed by atoms with Crippen molar-refractivity contribution in [2.24, 2.45) is 0 Å². The van der Waals surface area contributed by atoms with Gasteiger partial charge >= 0.3 is 0 Å². The smallest absolute Gasteiger partial charge is 0.242 e. The quantitative estimate of drug-likeness (QED) is 0.413. The van der Waals surface area contributed by atoms with E-state index in [1.165, 1.54) is 4.31 Å². The van der Waals surface area contributed by atoms with E-state index in [1.807, 2.05) is 24.3 Å². The molecule has 1 heterocycles. The van der Waals surface area contributed by atoms with Gasteiger partial charge < -0.3 is 24.4 Å². The van der Waals surface area contributed by atoms with Crippen LogP contribution in [-0.4, -0.2) is 70.3 Å². The van der Waals surface area contributed by atoms with Crippen molar-refractivity contribution in [3.63, 3.8) is 0 Å². The van der Waals surface area contributed by atoms with E-state index in [-0.39, 0.29) is 43.8 Å². The van der Waals surface area contributed by atoms with Gasteiger partial charge in [0.15, 0.2) is 11.5 Å². The Morgan fingerprint density at radius 3 is 2.50 bits per heavy atom. The van der Waals surface area contributed by atoms with Crippen molar-refractivity contribution in [1.82, 2.24) is 10.2 Å². The summed E-state index contributed by atoms with van der Waals surface area (Å²) in [5.74, 6) is 1.30. The first-order chi connectivity index (χ1) is 19.2. The normalized spacial score (nSPS) is 15.8. The number of carbonyl (C=O) groups is 2. The Bertz CT molecular complexity index is 1290. The highest BCUT2D eigenvalue weighted by Gasteiger charge is 2.29. The molecule has 1 aliphatic heterocycles. The maximum absolute atomic E-state index is 13.6. The molecule has 1 fully saturated rings. The zero-order valence-corrected chi connectivity index (χ0v) is 24.2. The number of nitrogens with one attached hydrogen (secondary N) is 1. The summed E-state index contributed by atoms with van der Waals surface area (Å²) in [4.78, 5) is 28.3. The lowest BCUT2D eigenvalue weighted by Crippen LogP contribution is -2.49. The molecule has 218 valence electrons. The average Bonchev–Trinajstić information content (AvgIpc) is 3.45. The van der Waals surface area contributed by atoms with Crippen LogP contribution in [0.1, 0.15) is 51.0 Å². The molecule has 0 radical (unpaired) electrons. The number of benzene rings is 2. The zero-order valence-electron chi connectivity index (χ0n) is 23.4. The molecule has 0 bridgehead atoms. The number of ether oxygens (including phenoxy) is 3. The molecule has 10 nitrogen and oxygen atoms in total. The van der Waals surface area contributed by atoms with Gasteiger partial charge in [-0.25, -0.2) is 8.42 Å². The molecule has 2 amide bonds. The van der Waals surface area contributed by atoms with Crippen LogP contribution in [-0.2, 0) is 26.2 Å². The summed E-state index contributed by atoms with van der Waals surface area (Å²) < 4.78 is 43.1. The number of sulfonamides is 1. The van der Waals surface area contributed by atoms with E-state index in [4.69, 9.17) is 14.2 Å². The standard InChI is InChI=1S/C29H39N3O7S/c1-21(29(34)30-23-9-4-5-10-23)31(20-22-8-6-11-25(18-22)37-2)28(33)12-7-15-32(40(3,35)36)24-13-14-26-27(19-24)39-17-16-38-26/h6,8,11,13-14,18-19,21,23H,4-5,7,9-10,12,15-17,20H2,1-3H3,(H,30,34)/t21-/m0/s1. The Hall–Kier alpha value is -3.47. The summed E-state index contributed by atoms with van der Waals surface area (Å²) in [5.41, 5.74) is 1.28. The lowest BCUT2D eigenvalue weighted by atomic mass is 10.1. The minimum Gasteiger partial charge on any atom is -0.497 e. The van der Waals surface area contributed by atoms with Gasteiger partial charge in [-0.1, -0.05) is 25.0 Å². The third-order valence-electron chi connectivity index (χ3n) is 7.32. The van der Waals surface area contributed by atoms with Crippen molar-refractivity contribution in [3.8, 4) is 17.2 Å². The number of hydrogen-bond donors (Lipinski definition) is 1. The lowest BCUT2D eigenvalue weighted by molar-refractivity contribution is -0.141. The molecule has 2 aromatic rings. The van der Waals surface area contributed by atoms with Gasteiger partial charge in [-0.05, 0) is 56.0 Å². The monoisotopic (exact) mass is 573 g/mol. The summed E-state index contributed by atoms with van der Waals surface area (Å²) in [6.45, 7) is 2.89. The minimum absolute atomic E-state index is 0.0710. The largest absolute Gasteiger partial charge is 0.497 e. The van der Waals surface area contributed by atoms with Crippen LogP contribution in [0.5, 0.6) is 17.2 Å². The van der Waals surface area contributed by atoms with E-state index in [9.17, 15) is 18.0 Å². The third-order valence-corrected chi connectivity index (χ3v) is 8.52. The Kier molecular flexibility index (Phi) is 9.78. The molecule has 11 heteroatoms. The van der Waals surface area contributed by atoms with E-state index in [0.717, 1.165) is 37.5 Å². The number of fused-ring (bicyclic) bond motifs is 1. The number of carbonyl (C=O) groups excluding carboxylic acids is 2. The molecular weight excluding hydrogens is 534 g/mol. The lowest BCUT2D eigenvalue weighted by Gasteiger charge is -2.30. The number of anilines is 1. The molecule has 2 aromatic carbocycles. The van der Waals surface area contributed by atoms with Crippen LogP contribution in [0.3, 0.4) is 0 Å². The first-order valence-corrected chi connectivity index (χ1v) is 15.6. The molecule has 1 N–H and O–H groups in total. The first-order valence-electron chi connectivity index (χ1n) is 13.8. The molecule has 1 saturated carbocycles. The third kappa shape index (κ3) is 7.59. The van der Waals surface area contributed by atoms with E-state index < -0.39 is 16.1 Å². The van der Waals surface area contributed by atoms with Gasteiger partial charge in [0, 0.05) is 31.6 Å². The van der Waals surface area contributed by atoms with Gasteiger partial charge in [-0.15, -0.1) is 0 Å². The summed E-state index contributed by atoms with van der Waals surface area (Å²) in [6, 6.07) is 11.8. The Morgan fingerprint density at radius 2 is 1.80 bits per heavy atom. The topological polar surface area (TPSA) is 114 Å². The van der Waals surface area contributed by atoms with Gasteiger partial charge in [-0.3, -0.25) is 13.9 Å². The van der Waals surface area contributed by atoms with Crippen LogP contribution in [0, 0.1) is 0 Å². The fourth-order valence-corrected chi connectivity index (χ4v) is 6.09. The second-order valence-electron chi connectivity index (χ2n) is 10.3. The van der Waals surface area contributed by atoms with Crippen molar-refractivity contribution >= 4 is 27.5 Å². The summed E-state index contributed by atoms with van der Waals surface area (Å²) >= 11 is 0. The van der Waals surface area contributed by atoms with Crippen molar-refractivity contribution in [2.75, 3.05) is 37.4 Å². The highest BCUT2D eigenvalue weighted by atomic mass is 32.2. The maximum atomic E-state index is 13.6. The second-order valence-corrected chi connectivity index (χ2v) is 12.2. The Morgan fingerprint density at radius 1 is 1.07 bits per heavy atom. The first kappa shape index (κ1) is 29.5. The molecular formula is C29H39N3O7S. The van der Waals surface area contributed by atoms with Crippen LogP contribution >= 0.6 is 0 Å². The minimum atomic E-state index is -3.63. The Balaban J connectivity index is 1.46. The van der Waals surface area contributed by atoms with Crippen LogP contribution in [0.4, 0.5) is 5.69 Å². The van der Waals surface area contributed by atoms with Crippen LogP contribution in [0.25, 0.3) is 0 Å². The van der Waals surface area contributed by atoms with E-state index >= 15 is 0 Å². The zero-order chi connectivity index (χ0) is 28.7. The second kappa shape index (κ2) is 13.3. The number of hydrogen-bond acceptors (Lipinski definition) is 7. The fourth-order valence-electron chi connectivity index (χ4n) is 5.13. The molecule has 4 rings (SSSR count). The molecule has 0 unspecified atom stereocenters. The molecule has 1 aliphatic carbocycles. The molecule has 0 aromatic heterocycles. The van der Waals surface area contributed by atoms with Gasteiger partial charge in [0.05, 0.1) is 19.1 Å². The summed E-state index contributed by atoms with van der Waals surface area (Å²) in [7, 11) is -2.05. The molecule has 0 spiro atoms. The van der Waals surface area contributed by atoms with Crippen LogP contribution in [0.2, 0.25) is 0 Å². The summed E-state index contributed by atoms with van der Waals surface area (Å²) in [5, 5.41) is 3.10. The van der Waals surface area contributed by atoms with Gasteiger partial charge in [0.1, 0.15) is 25.0 Å². The predicted molar refractivity (Wildman–Crippen MR) is 152 cm³/mol. The predicted octanol–water partition coefficient (Wildman–Crippen LogP) is 3.49. The summed E-state index contributed by atoms with van der Waals surface area (Å²) in [6.07, 6.45) is 5.55. The highest BCUT2D eigenvalue weighted by Crippen LogP contribution is 2.35.